The van der Waals surface area contributed by atoms with Gasteiger partial charge in [0, 0.05) is 19.6 Å². The lowest BCUT2D eigenvalue weighted by Gasteiger charge is -2.20. The van der Waals surface area contributed by atoms with Crippen LogP contribution in [0.25, 0.3) is 0 Å². The molecule has 0 heterocycles. The first kappa shape index (κ1) is 60.7. The Morgan fingerprint density at radius 1 is 0.492 bits per heavy atom. The first-order valence-electron chi connectivity index (χ1n) is 25.6. The van der Waals surface area contributed by atoms with Crippen LogP contribution < -0.4 is 5.73 Å². The van der Waals surface area contributed by atoms with Crippen molar-refractivity contribution in [3.8, 4) is 0 Å². The van der Waals surface area contributed by atoms with Crippen LogP contribution in [0, 0.1) is 0 Å². The fourth-order valence-electron chi connectivity index (χ4n) is 6.82. The van der Waals surface area contributed by atoms with E-state index in [4.69, 9.17) is 24.3 Å². The third-order valence-corrected chi connectivity index (χ3v) is 11.5. The third-order valence-electron chi connectivity index (χ3n) is 10.5. The van der Waals surface area contributed by atoms with Gasteiger partial charge in [-0.25, -0.2) is 4.57 Å². The number of carbonyl (C=O) groups is 1. The number of ether oxygens (including phenoxy) is 2. The zero-order chi connectivity index (χ0) is 45.8. The largest absolute Gasteiger partial charge is 0.472 e. The Balaban J connectivity index is 3.97. The van der Waals surface area contributed by atoms with Crippen LogP contribution in [0.15, 0.2) is 85.1 Å². The topological polar surface area (TPSA) is 117 Å². The van der Waals surface area contributed by atoms with Crippen molar-refractivity contribution in [1.82, 2.24) is 0 Å². The molecule has 0 saturated heterocycles. The summed E-state index contributed by atoms with van der Waals surface area (Å²) in [4.78, 5) is 22.6. The smallest absolute Gasteiger partial charge is 0.457 e. The van der Waals surface area contributed by atoms with Crippen LogP contribution in [0.2, 0.25) is 0 Å². The minimum absolute atomic E-state index is 0.0944. The van der Waals surface area contributed by atoms with Gasteiger partial charge in [0.25, 0.3) is 0 Å². The van der Waals surface area contributed by atoms with Gasteiger partial charge in [-0.15, -0.1) is 0 Å². The number of rotatable bonds is 48. The van der Waals surface area contributed by atoms with Gasteiger partial charge in [-0.3, -0.25) is 13.8 Å². The van der Waals surface area contributed by atoms with Crippen molar-refractivity contribution >= 4 is 13.8 Å². The molecule has 0 fully saturated rings. The average Bonchev–Trinajstić information content (AvgIpc) is 3.28. The molecule has 364 valence electrons. The summed E-state index contributed by atoms with van der Waals surface area (Å²) >= 11 is 0. The molecule has 3 N–H and O–H groups in total. The maximum Gasteiger partial charge on any atom is 0.472 e. The molecule has 0 aliphatic rings. The van der Waals surface area contributed by atoms with Crippen LogP contribution in [-0.2, 0) is 27.9 Å². The second-order valence-electron chi connectivity index (χ2n) is 16.6. The summed E-state index contributed by atoms with van der Waals surface area (Å²) in [6.07, 6.45) is 66.1. The molecule has 0 radical (unpaired) electrons. The van der Waals surface area contributed by atoms with Crippen molar-refractivity contribution in [2.75, 3.05) is 33.0 Å². The van der Waals surface area contributed by atoms with E-state index in [0.717, 1.165) is 77.0 Å². The molecule has 0 aromatic heterocycles. The molecule has 0 amide bonds. The molecule has 0 bridgehead atoms. The second kappa shape index (κ2) is 50.7. The Morgan fingerprint density at radius 3 is 1.33 bits per heavy atom. The van der Waals surface area contributed by atoms with E-state index in [2.05, 4.69) is 98.9 Å². The lowest BCUT2D eigenvalue weighted by atomic mass is 10.1. The SMILES string of the molecule is CC/C=C\C/C=C\C/C=C\C/C=C\C/C=C\CCCCCCCCCCCCOCC(COP(=O)(O)OCCN)OC(=O)CCCCCCCCC/C=C\C/C=C\CCCCCC. The van der Waals surface area contributed by atoms with Gasteiger partial charge < -0.3 is 20.1 Å². The molecule has 9 heteroatoms. The van der Waals surface area contributed by atoms with Crippen LogP contribution in [-0.4, -0.2) is 49.9 Å². The Hall–Kier alpha value is -2.32. The highest BCUT2D eigenvalue weighted by Crippen LogP contribution is 2.43. The van der Waals surface area contributed by atoms with E-state index in [0.29, 0.717) is 13.0 Å². The van der Waals surface area contributed by atoms with Crippen molar-refractivity contribution < 1.29 is 32.8 Å². The number of phosphoric ester groups is 1. The lowest BCUT2D eigenvalue weighted by Crippen LogP contribution is -2.28. The Morgan fingerprint density at radius 2 is 0.889 bits per heavy atom. The molecule has 2 unspecified atom stereocenters. The molecule has 8 nitrogen and oxygen atoms in total. The van der Waals surface area contributed by atoms with Gasteiger partial charge >= 0.3 is 13.8 Å². The van der Waals surface area contributed by atoms with E-state index in [1.807, 2.05) is 0 Å². The zero-order valence-corrected chi connectivity index (χ0v) is 41.4. The summed E-state index contributed by atoms with van der Waals surface area (Å²) in [6.45, 7) is 4.77. The molecular weight excluding hydrogens is 806 g/mol. The number of hydrogen-bond donors (Lipinski definition) is 2. The van der Waals surface area contributed by atoms with Gasteiger partial charge in [0.1, 0.15) is 6.10 Å². The molecule has 0 rings (SSSR count). The molecular formula is C54H96NO7P. The standard InChI is InChI=1S/C54H96NO7P/c1-3-5-7-9-11-13-15-17-19-21-23-24-25-26-27-28-29-30-32-34-36-38-40-42-44-46-49-59-51-53(52-61-63(57,58)60-50-48-55)62-54(56)47-45-43-41-39-37-35-33-31-22-20-18-16-14-12-10-8-6-4-2/h5,7,11,13-14,16-17,19-20,22-24,26-27,53H,3-4,6,8-10,12,15,18,21,25,28-52,55H2,1-2H3,(H,57,58)/b7-5-,13-11-,16-14-,19-17-,22-20-,24-23-,27-26-. The highest BCUT2D eigenvalue weighted by molar-refractivity contribution is 7.47. The molecule has 2 atom stereocenters. The number of phosphoric acid groups is 1. The van der Waals surface area contributed by atoms with E-state index in [-0.39, 0.29) is 32.3 Å². The molecule has 0 aliphatic heterocycles. The summed E-state index contributed by atoms with van der Waals surface area (Å²) in [5.41, 5.74) is 5.39. The normalized spacial score (nSPS) is 14.0. The molecule has 0 saturated carbocycles. The van der Waals surface area contributed by atoms with Crippen molar-refractivity contribution in [2.45, 2.75) is 219 Å². The Kier molecular flexibility index (Phi) is 48.8. The first-order valence-corrected chi connectivity index (χ1v) is 27.1. The number of unbranched alkanes of at least 4 members (excludes halogenated alkanes) is 21. The summed E-state index contributed by atoms with van der Waals surface area (Å²) < 4.78 is 33.6. The Bertz CT molecular complexity index is 1240. The molecule has 0 aliphatic carbocycles. The van der Waals surface area contributed by atoms with Gasteiger partial charge in [-0.2, -0.15) is 0 Å². The summed E-state index contributed by atoms with van der Waals surface area (Å²) in [6, 6.07) is 0. The maximum absolute atomic E-state index is 12.6. The number of allylic oxidation sites excluding steroid dienone is 14. The lowest BCUT2D eigenvalue weighted by molar-refractivity contribution is -0.154. The molecule has 0 aromatic carbocycles. The minimum atomic E-state index is -4.29. The molecule has 63 heavy (non-hydrogen) atoms. The van der Waals surface area contributed by atoms with E-state index >= 15 is 0 Å². The highest BCUT2D eigenvalue weighted by Gasteiger charge is 2.25. The van der Waals surface area contributed by atoms with E-state index < -0.39 is 13.9 Å². The van der Waals surface area contributed by atoms with Gasteiger partial charge in [-0.05, 0) is 89.9 Å². The third kappa shape index (κ3) is 50.5. The van der Waals surface area contributed by atoms with Crippen LogP contribution in [0.4, 0.5) is 0 Å². The predicted octanol–water partition coefficient (Wildman–Crippen LogP) is 16.0. The number of hydrogen-bond acceptors (Lipinski definition) is 7. The van der Waals surface area contributed by atoms with Gasteiger partial charge in [-0.1, -0.05) is 202 Å². The summed E-state index contributed by atoms with van der Waals surface area (Å²) in [7, 11) is -4.29. The van der Waals surface area contributed by atoms with E-state index in [1.54, 1.807) is 0 Å². The fourth-order valence-corrected chi connectivity index (χ4v) is 7.58. The van der Waals surface area contributed by atoms with Crippen LogP contribution in [0.1, 0.15) is 213 Å². The van der Waals surface area contributed by atoms with Crippen LogP contribution in [0.3, 0.4) is 0 Å². The molecule has 0 spiro atoms. The number of carbonyl (C=O) groups excluding carboxylic acids is 1. The Labute approximate surface area is 388 Å². The van der Waals surface area contributed by atoms with E-state index in [9.17, 15) is 14.3 Å². The quantitative estimate of drug-likeness (QED) is 0.0268. The van der Waals surface area contributed by atoms with Crippen LogP contribution >= 0.6 is 7.82 Å². The maximum atomic E-state index is 12.6. The predicted molar refractivity (Wildman–Crippen MR) is 270 cm³/mol. The van der Waals surface area contributed by atoms with Gasteiger partial charge in [0.2, 0.25) is 0 Å². The zero-order valence-electron chi connectivity index (χ0n) is 40.5. The second-order valence-corrected chi connectivity index (χ2v) is 18.1. The minimum Gasteiger partial charge on any atom is -0.457 e. The number of nitrogens with two attached hydrogens (primary N) is 1. The monoisotopic (exact) mass is 902 g/mol. The van der Waals surface area contributed by atoms with E-state index in [1.165, 1.54) is 116 Å². The van der Waals surface area contributed by atoms with Crippen molar-refractivity contribution in [3.63, 3.8) is 0 Å². The number of esters is 1. The summed E-state index contributed by atoms with van der Waals surface area (Å²) in [5, 5.41) is 0. The van der Waals surface area contributed by atoms with Gasteiger partial charge in [0.15, 0.2) is 0 Å². The van der Waals surface area contributed by atoms with Gasteiger partial charge in [0.05, 0.1) is 19.8 Å². The highest BCUT2D eigenvalue weighted by atomic mass is 31.2. The van der Waals surface area contributed by atoms with Crippen molar-refractivity contribution in [1.29, 1.82) is 0 Å². The molecule has 0 aromatic rings. The summed E-state index contributed by atoms with van der Waals surface area (Å²) in [5.74, 6) is -0.341. The first-order chi connectivity index (χ1) is 30.9. The van der Waals surface area contributed by atoms with Crippen molar-refractivity contribution in [3.05, 3.63) is 85.1 Å². The van der Waals surface area contributed by atoms with Crippen LogP contribution in [0.5, 0.6) is 0 Å². The van der Waals surface area contributed by atoms with Crippen molar-refractivity contribution in [2.24, 2.45) is 5.73 Å². The average molecular weight is 902 g/mol. The fraction of sp³-hybridized carbons (Fsp3) is 0.722.